The third-order valence-corrected chi connectivity index (χ3v) is 9.68. The highest BCUT2D eigenvalue weighted by atomic mass is 31.1. The number of rotatable bonds is 9. The highest BCUT2D eigenvalue weighted by molar-refractivity contribution is 7.66. The van der Waals surface area contributed by atoms with Crippen molar-refractivity contribution in [2.75, 3.05) is 55.0 Å². The molecule has 5 nitrogen and oxygen atoms in total. The number of aromatic nitrogens is 1. The first kappa shape index (κ1) is 23.6. The summed E-state index contributed by atoms with van der Waals surface area (Å²) in [5, 5.41) is 3.60. The second-order valence-corrected chi connectivity index (χ2v) is 12.3. The van der Waals surface area contributed by atoms with E-state index >= 15 is 0 Å². The van der Waals surface area contributed by atoms with Crippen molar-refractivity contribution in [1.29, 1.82) is 0 Å². The summed E-state index contributed by atoms with van der Waals surface area (Å²) in [5.41, 5.74) is 5.52. The van der Waals surface area contributed by atoms with E-state index in [0.29, 0.717) is 12.0 Å². The Balaban J connectivity index is 1.14. The number of likely N-dealkylation sites (tertiary alicyclic amines) is 2. The van der Waals surface area contributed by atoms with E-state index in [0.717, 1.165) is 26.2 Å². The molecule has 182 valence electrons. The quantitative estimate of drug-likeness (QED) is 0.474. The maximum absolute atomic E-state index is 4.60. The summed E-state index contributed by atoms with van der Waals surface area (Å²) in [4.78, 5) is 9.35. The van der Waals surface area contributed by atoms with Crippen molar-refractivity contribution < 1.29 is 0 Å². The third-order valence-electron chi connectivity index (χ3n) is 7.68. The van der Waals surface area contributed by atoms with E-state index in [4.69, 9.17) is 0 Å². The average Bonchev–Trinajstić information content (AvgIpc) is 3.72. The maximum atomic E-state index is 4.60. The van der Waals surface area contributed by atoms with Crippen LogP contribution in [0.25, 0.3) is 0 Å². The Hall–Kier alpha value is -2.10. The molecule has 0 spiro atoms. The first-order valence-corrected chi connectivity index (χ1v) is 14.8. The Labute approximate surface area is 207 Å². The molecule has 1 N–H and O–H groups in total. The number of allylic oxidation sites excluding steroid dienone is 1. The van der Waals surface area contributed by atoms with Crippen molar-refractivity contribution in [3.63, 3.8) is 0 Å². The van der Waals surface area contributed by atoms with Crippen LogP contribution < -0.4 is 9.99 Å². The number of para-hydroxylation sites is 2. The summed E-state index contributed by atoms with van der Waals surface area (Å²) < 4.78 is 2.82. The average molecular weight is 478 g/mol. The lowest BCUT2D eigenvalue weighted by atomic mass is 9.91. The topological polar surface area (TPSA) is 34.6 Å². The van der Waals surface area contributed by atoms with Gasteiger partial charge in [0.2, 0.25) is 0 Å². The van der Waals surface area contributed by atoms with Gasteiger partial charge in [-0.1, -0.05) is 18.7 Å². The highest BCUT2D eigenvalue weighted by Gasteiger charge is 2.37. The summed E-state index contributed by atoms with van der Waals surface area (Å²) in [6.45, 7) is 13.5. The molecule has 3 saturated heterocycles. The third kappa shape index (κ3) is 5.58. The highest BCUT2D eigenvalue weighted by Crippen LogP contribution is 2.59. The summed E-state index contributed by atoms with van der Waals surface area (Å²) in [7, 11) is 0.0349. The second kappa shape index (κ2) is 11.1. The number of piperidine rings is 2. The molecule has 4 heterocycles. The van der Waals surface area contributed by atoms with Crippen LogP contribution in [-0.4, -0.2) is 65.9 Å². The van der Waals surface area contributed by atoms with Crippen molar-refractivity contribution in [2.45, 2.75) is 45.2 Å². The van der Waals surface area contributed by atoms with E-state index < -0.39 is 0 Å². The minimum absolute atomic E-state index is 0.0349. The van der Waals surface area contributed by atoms with Gasteiger partial charge in [-0.05, 0) is 95.9 Å². The van der Waals surface area contributed by atoms with Crippen LogP contribution >= 0.6 is 8.07 Å². The molecule has 1 aromatic carbocycles. The summed E-state index contributed by atoms with van der Waals surface area (Å²) in [6.07, 6.45) is 11.6. The van der Waals surface area contributed by atoms with Crippen molar-refractivity contribution in [3.8, 4) is 0 Å². The lowest BCUT2D eigenvalue weighted by Gasteiger charge is -2.44. The molecule has 3 fully saturated rings. The number of nitrogens with zero attached hydrogens (tertiary/aromatic N) is 4. The zero-order chi connectivity index (χ0) is 23.3. The Kier molecular flexibility index (Phi) is 7.71. The summed E-state index contributed by atoms with van der Waals surface area (Å²) in [5.74, 6) is 0.642. The minimum atomic E-state index is 0.0349. The predicted octanol–water partition coefficient (Wildman–Crippen LogP) is 5.62. The van der Waals surface area contributed by atoms with Gasteiger partial charge in [-0.25, -0.2) is 0 Å². The molecule has 0 bridgehead atoms. The van der Waals surface area contributed by atoms with Gasteiger partial charge in [0.25, 0.3) is 0 Å². The monoisotopic (exact) mass is 477 g/mol. The zero-order valence-corrected chi connectivity index (χ0v) is 21.6. The van der Waals surface area contributed by atoms with E-state index in [1.54, 1.807) is 0 Å². The molecular weight excluding hydrogens is 437 g/mol. The molecule has 2 aromatic rings. The molecule has 6 heteroatoms. The largest absolute Gasteiger partial charge is 0.384 e. The van der Waals surface area contributed by atoms with Gasteiger partial charge in [0, 0.05) is 56.2 Å². The normalized spacial score (nSPS) is 20.3. The van der Waals surface area contributed by atoms with E-state index in [-0.39, 0.29) is 8.07 Å². The zero-order valence-electron chi connectivity index (χ0n) is 20.7. The van der Waals surface area contributed by atoms with Gasteiger partial charge in [0.05, 0.1) is 11.4 Å². The summed E-state index contributed by atoms with van der Waals surface area (Å²) in [6, 6.07) is 13.9. The SMILES string of the molecule is C=C(C1CCN(Cc2ccncc2)CC1)N1CCC(N(c2ccccc2NCC)P2CC2)CC1. The van der Waals surface area contributed by atoms with Crippen LogP contribution in [0.5, 0.6) is 0 Å². The molecule has 5 rings (SSSR count). The number of nitrogens with one attached hydrogen (secondary N) is 1. The van der Waals surface area contributed by atoms with Gasteiger partial charge in [-0.15, -0.1) is 0 Å². The lowest BCUT2D eigenvalue weighted by Crippen LogP contribution is -2.44. The molecule has 34 heavy (non-hydrogen) atoms. The van der Waals surface area contributed by atoms with Crippen LogP contribution in [0.15, 0.2) is 61.1 Å². The fraction of sp³-hybridized carbons (Fsp3) is 0.536. The van der Waals surface area contributed by atoms with Gasteiger partial charge in [-0.3, -0.25) is 9.88 Å². The lowest BCUT2D eigenvalue weighted by molar-refractivity contribution is 0.161. The van der Waals surface area contributed by atoms with Crippen LogP contribution in [0.3, 0.4) is 0 Å². The second-order valence-electron chi connectivity index (χ2n) is 9.96. The van der Waals surface area contributed by atoms with Gasteiger partial charge < -0.3 is 14.9 Å². The molecule has 0 amide bonds. The number of hydrogen-bond donors (Lipinski definition) is 1. The van der Waals surface area contributed by atoms with E-state index in [1.807, 2.05) is 12.4 Å². The fourth-order valence-corrected chi connectivity index (χ4v) is 7.64. The van der Waals surface area contributed by atoms with Gasteiger partial charge in [0.15, 0.2) is 0 Å². The number of pyridine rings is 1. The molecule has 0 atom stereocenters. The fourth-order valence-electron chi connectivity index (χ4n) is 5.68. The molecule has 3 aliphatic rings. The Bertz CT molecular complexity index is 931. The number of anilines is 2. The van der Waals surface area contributed by atoms with Crippen LogP contribution in [0.1, 0.15) is 38.2 Å². The molecular formula is C28H40N5P. The molecule has 0 aliphatic carbocycles. The Morgan fingerprint density at radius 3 is 2.41 bits per heavy atom. The predicted molar refractivity (Wildman–Crippen MR) is 146 cm³/mol. The van der Waals surface area contributed by atoms with Crippen molar-refractivity contribution in [3.05, 3.63) is 66.6 Å². The number of benzene rings is 1. The van der Waals surface area contributed by atoms with Crippen molar-refractivity contribution in [1.82, 2.24) is 14.8 Å². The van der Waals surface area contributed by atoms with Crippen molar-refractivity contribution >= 4 is 19.4 Å². The van der Waals surface area contributed by atoms with Gasteiger partial charge in [0.1, 0.15) is 0 Å². The van der Waals surface area contributed by atoms with Gasteiger partial charge >= 0.3 is 0 Å². The first-order valence-electron chi connectivity index (χ1n) is 13.1. The molecule has 0 saturated carbocycles. The first-order chi connectivity index (χ1) is 16.7. The molecule has 1 aromatic heterocycles. The minimum Gasteiger partial charge on any atom is -0.384 e. The van der Waals surface area contributed by atoms with Crippen LogP contribution in [0.2, 0.25) is 0 Å². The maximum Gasteiger partial charge on any atom is 0.0637 e. The molecule has 0 unspecified atom stereocenters. The molecule has 0 radical (unpaired) electrons. The smallest absolute Gasteiger partial charge is 0.0637 e. The standard InChI is InChI=1S/C28H40N5P/c1-3-30-27-6-4-5-7-28(27)33(34-20-21-34)26-12-18-32(19-13-26)23(2)25-10-16-31(17-11-25)22-24-8-14-29-15-9-24/h4-9,14-15,25-26,30H,2-3,10-13,16-22H2,1H3. The van der Waals surface area contributed by atoms with E-state index in [1.165, 1.54) is 73.7 Å². The van der Waals surface area contributed by atoms with Crippen LogP contribution in [0.4, 0.5) is 11.4 Å². The Morgan fingerprint density at radius 1 is 1.03 bits per heavy atom. The van der Waals surface area contributed by atoms with Crippen LogP contribution in [-0.2, 0) is 6.54 Å². The van der Waals surface area contributed by atoms with E-state index in [2.05, 4.69) is 74.7 Å². The summed E-state index contributed by atoms with van der Waals surface area (Å²) >= 11 is 0. The van der Waals surface area contributed by atoms with Crippen LogP contribution in [0, 0.1) is 5.92 Å². The molecule has 3 aliphatic heterocycles. The number of hydrogen-bond acceptors (Lipinski definition) is 5. The Morgan fingerprint density at radius 2 is 1.74 bits per heavy atom. The van der Waals surface area contributed by atoms with Gasteiger partial charge in [-0.2, -0.15) is 0 Å². The van der Waals surface area contributed by atoms with E-state index in [9.17, 15) is 0 Å². The van der Waals surface area contributed by atoms with Crippen molar-refractivity contribution in [2.24, 2.45) is 5.92 Å².